The number of hydrogen-bond donors (Lipinski definition) is 3. The van der Waals surface area contributed by atoms with Crippen molar-refractivity contribution in [3.8, 4) is 0 Å². The van der Waals surface area contributed by atoms with E-state index in [1.165, 1.54) is 20.8 Å². The van der Waals surface area contributed by atoms with E-state index >= 15 is 0 Å². The summed E-state index contributed by atoms with van der Waals surface area (Å²) >= 11 is 0. The SMILES string of the molecule is C=C(CC(C)(CC(C)(C)C(=O)O)C(=O)O)C(=O)O. The van der Waals surface area contributed by atoms with Crippen molar-refractivity contribution in [2.75, 3.05) is 0 Å². The van der Waals surface area contributed by atoms with E-state index in [-0.39, 0.29) is 18.4 Å². The highest BCUT2D eigenvalue weighted by Gasteiger charge is 2.43. The Morgan fingerprint density at radius 3 is 1.72 bits per heavy atom. The fourth-order valence-electron chi connectivity index (χ4n) is 1.81. The predicted octanol–water partition coefficient (Wildman–Crippen LogP) is 1.61. The molecule has 0 spiro atoms. The van der Waals surface area contributed by atoms with Crippen molar-refractivity contribution in [1.29, 1.82) is 0 Å². The number of carboxylic acid groups (broad SMARTS) is 3. The van der Waals surface area contributed by atoms with Gasteiger partial charge in [-0.1, -0.05) is 6.58 Å². The van der Waals surface area contributed by atoms with Crippen molar-refractivity contribution in [2.45, 2.75) is 33.6 Å². The Labute approximate surface area is 105 Å². The average Bonchev–Trinajstić information content (AvgIpc) is 2.15. The first-order valence-electron chi connectivity index (χ1n) is 5.30. The summed E-state index contributed by atoms with van der Waals surface area (Å²) in [5.41, 5.74) is -2.98. The third-order valence-corrected chi connectivity index (χ3v) is 2.83. The Morgan fingerprint density at radius 1 is 1.00 bits per heavy atom. The largest absolute Gasteiger partial charge is 0.481 e. The van der Waals surface area contributed by atoms with E-state index in [9.17, 15) is 19.5 Å². The summed E-state index contributed by atoms with van der Waals surface area (Å²) in [5.74, 6) is -3.65. The molecule has 0 aromatic rings. The van der Waals surface area contributed by atoms with Crippen LogP contribution in [-0.2, 0) is 14.4 Å². The van der Waals surface area contributed by atoms with Gasteiger partial charge in [-0.2, -0.15) is 0 Å². The lowest BCUT2D eigenvalue weighted by atomic mass is 9.71. The van der Waals surface area contributed by atoms with Crippen LogP contribution in [0.1, 0.15) is 33.6 Å². The molecule has 0 aliphatic heterocycles. The van der Waals surface area contributed by atoms with Crippen LogP contribution in [0, 0.1) is 10.8 Å². The quantitative estimate of drug-likeness (QED) is 0.598. The highest BCUT2D eigenvalue weighted by atomic mass is 16.4. The molecule has 1 unspecified atom stereocenters. The van der Waals surface area contributed by atoms with Gasteiger partial charge in [-0.25, -0.2) is 4.79 Å². The van der Waals surface area contributed by atoms with Gasteiger partial charge in [0.15, 0.2) is 0 Å². The minimum atomic E-state index is -1.47. The van der Waals surface area contributed by atoms with Gasteiger partial charge in [-0.15, -0.1) is 0 Å². The molecule has 0 aliphatic rings. The van der Waals surface area contributed by atoms with Crippen LogP contribution in [0.3, 0.4) is 0 Å². The summed E-state index contributed by atoms with van der Waals surface area (Å²) in [6.07, 6.45) is -0.481. The molecular formula is C12H18O6. The van der Waals surface area contributed by atoms with Gasteiger partial charge in [0.05, 0.1) is 10.8 Å². The first kappa shape index (κ1) is 16.1. The molecule has 18 heavy (non-hydrogen) atoms. The summed E-state index contributed by atoms with van der Waals surface area (Å²) in [7, 11) is 0. The molecule has 0 rings (SSSR count). The molecule has 0 saturated carbocycles. The highest BCUT2D eigenvalue weighted by Crippen LogP contribution is 2.38. The van der Waals surface area contributed by atoms with Crippen molar-refractivity contribution in [2.24, 2.45) is 10.8 Å². The van der Waals surface area contributed by atoms with Crippen molar-refractivity contribution >= 4 is 17.9 Å². The highest BCUT2D eigenvalue weighted by molar-refractivity contribution is 5.88. The Bertz CT molecular complexity index is 395. The topological polar surface area (TPSA) is 112 Å². The molecule has 0 saturated heterocycles. The second-order valence-electron chi connectivity index (χ2n) is 5.32. The number of carbonyl (C=O) groups is 3. The van der Waals surface area contributed by atoms with Crippen LogP contribution in [0.15, 0.2) is 12.2 Å². The average molecular weight is 258 g/mol. The van der Waals surface area contributed by atoms with Crippen molar-refractivity contribution in [3.05, 3.63) is 12.2 Å². The molecule has 0 aromatic heterocycles. The molecule has 6 heteroatoms. The Morgan fingerprint density at radius 2 is 1.44 bits per heavy atom. The van der Waals surface area contributed by atoms with E-state index in [4.69, 9.17) is 10.2 Å². The summed E-state index contributed by atoms with van der Waals surface area (Å²) in [6, 6.07) is 0. The third kappa shape index (κ3) is 3.87. The van der Waals surface area contributed by atoms with Gasteiger partial charge in [0.2, 0.25) is 0 Å². The van der Waals surface area contributed by atoms with E-state index in [2.05, 4.69) is 6.58 Å². The summed E-state index contributed by atoms with van der Waals surface area (Å²) < 4.78 is 0. The van der Waals surface area contributed by atoms with Gasteiger partial charge < -0.3 is 15.3 Å². The predicted molar refractivity (Wildman–Crippen MR) is 63.2 cm³/mol. The van der Waals surface area contributed by atoms with Crippen LogP contribution in [0.2, 0.25) is 0 Å². The normalized spacial score (nSPS) is 14.6. The Balaban J connectivity index is 5.18. The fourth-order valence-corrected chi connectivity index (χ4v) is 1.81. The van der Waals surface area contributed by atoms with Crippen LogP contribution in [0.5, 0.6) is 0 Å². The zero-order valence-corrected chi connectivity index (χ0v) is 10.7. The number of hydrogen-bond acceptors (Lipinski definition) is 3. The van der Waals surface area contributed by atoms with Crippen LogP contribution >= 0.6 is 0 Å². The van der Waals surface area contributed by atoms with Gasteiger partial charge in [0.25, 0.3) is 0 Å². The minimum absolute atomic E-state index is 0.184. The van der Waals surface area contributed by atoms with Crippen molar-refractivity contribution in [1.82, 2.24) is 0 Å². The Hall–Kier alpha value is -1.85. The Kier molecular flexibility index (Phi) is 4.67. The summed E-state index contributed by atoms with van der Waals surface area (Å²) in [4.78, 5) is 33.0. The molecule has 0 amide bonds. The molecule has 0 fully saturated rings. The van der Waals surface area contributed by atoms with Gasteiger partial charge in [-0.3, -0.25) is 9.59 Å². The molecule has 0 bridgehead atoms. The maximum absolute atomic E-state index is 11.3. The lowest BCUT2D eigenvalue weighted by molar-refractivity contribution is -0.155. The molecule has 102 valence electrons. The zero-order valence-electron chi connectivity index (χ0n) is 10.7. The van der Waals surface area contributed by atoms with E-state index in [1.807, 2.05) is 0 Å². The second-order valence-corrected chi connectivity index (χ2v) is 5.32. The van der Waals surface area contributed by atoms with E-state index in [1.54, 1.807) is 0 Å². The lowest BCUT2D eigenvalue weighted by Gasteiger charge is -2.31. The van der Waals surface area contributed by atoms with E-state index < -0.39 is 28.7 Å². The molecule has 0 aliphatic carbocycles. The fraction of sp³-hybridized carbons (Fsp3) is 0.583. The number of rotatable bonds is 7. The van der Waals surface area contributed by atoms with Crippen molar-refractivity contribution in [3.63, 3.8) is 0 Å². The van der Waals surface area contributed by atoms with Crippen molar-refractivity contribution < 1.29 is 29.7 Å². The molecule has 3 N–H and O–H groups in total. The smallest absolute Gasteiger partial charge is 0.330 e. The minimum Gasteiger partial charge on any atom is -0.481 e. The summed E-state index contributed by atoms with van der Waals surface area (Å²) in [6.45, 7) is 7.42. The standard InChI is InChI=1S/C12H18O6/c1-7(8(13)14)5-12(4,10(17)18)6-11(2,3)9(15)16/h1,5-6H2,2-4H3,(H,13,14)(H,15,16)(H,17,18). The first-order chi connectivity index (χ1) is 7.92. The maximum Gasteiger partial charge on any atom is 0.330 e. The second kappa shape index (κ2) is 5.20. The maximum atomic E-state index is 11.3. The van der Waals surface area contributed by atoms with E-state index in [0.29, 0.717) is 0 Å². The van der Waals surface area contributed by atoms with Gasteiger partial charge in [0.1, 0.15) is 0 Å². The number of carboxylic acids is 3. The number of aliphatic carboxylic acids is 3. The first-order valence-corrected chi connectivity index (χ1v) is 5.30. The molecule has 0 radical (unpaired) electrons. The molecule has 0 aromatic carbocycles. The summed E-state index contributed by atoms with van der Waals surface area (Å²) in [5, 5.41) is 26.9. The molecule has 6 nitrogen and oxygen atoms in total. The van der Waals surface area contributed by atoms with E-state index in [0.717, 1.165) is 0 Å². The molecule has 0 heterocycles. The zero-order chi connectivity index (χ0) is 14.7. The van der Waals surface area contributed by atoms with Crippen LogP contribution in [0.25, 0.3) is 0 Å². The third-order valence-electron chi connectivity index (χ3n) is 2.83. The van der Waals surface area contributed by atoms with Gasteiger partial charge in [-0.05, 0) is 33.6 Å². The van der Waals surface area contributed by atoms with Crippen LogP contribution in [-0.4, -0.2) is 33.2 Å². The molecule has 1 atom stereocenters. The lowest BCUT2D eigenvalue weighted by Crippen LogP contribution is -2.37. The van der Waals surface area contributed by atoms with Crippen LogP contribution in [0.4, 0.5) is 0 Å². The monoisotopic (exact) mass is 258 g/mol. The molecular weight excluding hydrogens is 240 g/mol. The van der Waals surface area contributed by atoms with Gasteiger partial charge >= 0.3 is 17.9 Å². The van der Waals surface area contributed by atoms with Crippen LogP contribution < -0.4 is 0 Å². The van der Waals surface area contributed by atoms with Gasteiger partial charge in [0, 0.05) is 5.57 Å².